The molecule has 1 aliphatic rings. The highest BCUT2D eigenvalue weighted by atomic mass is 32.1. The van der Waals surface area contributed by atoms with Crippen molar-refractivity contribution in [2.75, 3.05) is 13.1 Å². The lowest BCUT2D eigenvalue weighted by Crippen LogP contribution is -2.28. The number of hydrogen-bond donors (Lipinski definition) is 1. The van der Waals surface area contributed by atoms with E-state index in [1.54, 1.807) is 10.4 Å². The molecule has 4 heteroatoms. The Morgan fingerprint density at radius 3 is 3.05 bits per heavy atom. The molecule has 0 saturated carbocycles. The van der Waals surface area contributed by atoms with Gasteiger partial charge in [-0.05, 0) is 48.5 Å². The lowest BCUT2D eigenvalue weighted by atomic mass is 10.1. The maximum Gasteiger partial charge on any atom is 0.0331 e. The first-order valence-corrected chi connectivity index (χ1v) is 9.10. The zero-order chi connectivity index (χ0) is 13.8. The lowest BCUT2D eigenvalue weighted by Gasteiger charge is -2.26. The second-order valence-electron chi connectivity index (χ2n) is 5.37. The first-order chi connectivity index (χ1) is 9.85. The van der Waals surface area contributed by atoms with Gasteiger partial charge in [0.2, 0.25) is 0 Å². The van der Waals surface area contributed by atoms with Crippen LogP contribution in [0.3, 0.4) is 0 Å². The van der Waals surface area contributed by atoms with Gasteiger partial charge in [0.1, 0.15) is 0 Å². The predicted molar refractivity (Wildman–Crippen MR) is 88.5 cm³/mol. The Balaban J connectivity index is 1.54. The molecule has 108 valence electrons. The van der Waals surface area contributed by atoms with Crippen molar-refractivity contribution in [3.8, 4) is 0 Å². The molecule has 2 aromatic rings. The Kier molecular flexibility index (Phi) is 4.89. The fourth-order valence-corrected chi connectivity index (χ4v) is 4.57. The molecular formula is C16H22N2S2. The van der Waals surface area contributed by atoms with Gasteiger partial charge in [-0.1, -0.05) is 6.92 Å². The molecule has 0 fully saturated rings. The molecule has 20 heavy (non-hydrogen) atoms. The molecule has 0 spiro atoms. The lowest BCUT2D eigenvalue weighted by molar-refractivity contribution is 0.249. The summed E-state index contributed by atoms with van der Waals surface area (Å²) in [5, 5.41) is 5.71. The van der Waals surface area contributed by atoms with Gasteiger partial charge < -0.3 is 5.32 Å². The number of nitrogens with one attached hydrogen (secondary N) is 1. The van der Waals surface area contributed by atoms with Gasteiger partial charge in [-0.3, -0.25) is 4.90 Å². The van der Waals surface area contributed by atoms with E-state index >= 15 is 0 Å². The van der Waals surface area contributed by atoms with E-state index < -0.39 is 0 Å². The minimum atomic E-state index is 1.02. The van der Waals surface area contributed by atoms with E-state index in [0.29, 0.717) is 0 Å². The van der Waals surface area contributed by atoms with Gasteiger partial charge in [-0.15, -0.1) is 22.7 Å². The predicted octanol–water partition coefficient (Wildman–Crippen LogP) is 3.87. The molecular weight excluding hydrogens is 284 g/mol. The van der Waals surface area contributed by atoms with Gasteiger partial charge in [-0.25, -0.2) is 0 Å². The third kappa shape index (κ3) is 3.50. The summed E-state index contributed by atoms with van der Waals surface area (Å²) in [7, 11) is 0. The normalized spacial score (nSPS) is 15.4. The van der Waals surface area contributed by atoms with Gasteiger partial charge in [-0.2, -0.15) is 0 Å². The number of nitrogens with zero attached hydrogens (tertiary/aromatic N) is 1. The molecule has 0 radical (unpaired) electrons. The smallest absolute Gasteiger partial charge is 0.0331 e. The summed E-state index contributed by atoms with van der Waals surface area (Å²) in [4.78, 5) is 7.12. The molecule has 0 bridgehead atoms. The molecule has 0 amide bonds. The number of thiophene rings is 2. The Labute approximate surface area is 129 Å². The monoisotopic (exact) mass is 306 g/mol. The number of rotatable bonds is 6. The van der Waals surface area contributed by atoms with Gasteiger partial charge in [0.25, 0.3) is 0 Å². The van der Waals surface area contributed by atoms with Crippen molar-refractivity contribution >= 4 is 22.7 Å². The maximum atomic E-state index is 3.48. The molecule has 2 aromatic heterocycles. The van der Waals surface area contributed by atoms with Gasteiger partial charge in [0.15, 0.2) is 0 Å². The van der Waals surface area contributed by atoms with Crippen LogP contribution in [0.2, 0.25) is 0 Å². The molecule has 3 heterocycles. The zero-order valence-electron chi connectivity index (χ0n) is 12.0. The van der Waals surface area contributed by atoms with Crippen molar-refractivity contribution in [3.63, 3.8) is 0 Å². The quantitative estimate of drug-likeness (QED) is 0.815. The van der Waals surface area contributed by atoms with E-state index in [2.05, 4.69) is 40.7 Å². The van der Waals surface area contributed by atoms with Crippen LogP contribution in [0.25, 0.3) is 0 Å². The van der Waals surface area contributed by atoms with Crippen molar-refractivity contribution in [2.24, 2.45) is 0 Å². The minimum absolute atomic E-state index is 1.02. The summed E-state index contributed by atoms with van der Waals surface area (Å²) >= 11 is 3.88. The van der Waals surface area contributed by atoms with E-state index in [-0.39, 0.29) is 0 Å². The summed E-state index contributed by atoms with van der Waals surface area (Å²) in [5.74, 6) is 0. The van der Waals surface area contributed by atoms with Gasteiger partial charge in [0.05, 0.1) is 0 Å². The molecule has 3 rings (SSSR count). The fraction of sp³-hybridized carbons (Fsp3) is 0.500. The molecule has 0 saturated heterocycles. The highest BCUT2D eigenvalue weighted by Gasteiger charge is 2.17. The third-order valence-corrected chi connectivity index (χ3v) is 5.80. The molecule has 0 aromatic carbocycles. The summed E-state index contributed by atoms with van der Waals surface area (Å²) in [6.45, 7) is 7.78. The van der Waals surface area contributed by atoms with Crippen LogP contribution in [0.15, 0.2) is 23.6 Å². The zero-order valence-corrected chi connectivity index (χ0v) is 13.7. The van der Waals surface area contributed by atoms with Crippen LogP contribution >= 0.6 is 22.7 Å². The van der Waals surface area contributed by atoms with Gasteiger partial charge in [0, 0.05) is 40.8 Å². The molecule has 0 atom stereocenters. The standard InChI is InChI=1S/C16H22N2S2/c1-2-7-17-10-14-3-4-15(20-14)12-18-8-5-16-13(11-18)6-9-19-16/h3-4,6,9,17H,2,5,7-8,10-12H2,1H3. The van der Waals surface area contributed by atoms with E-state index in [9.17, 15) is 0 Å². The molecule has 0 unspecified atom stereocenters. The minimum Gasteiger partial charge on any atom is -0.312 e. The van der Waals surface area contributed by atoms with Crippen molar-refractivity contribution < 1.29 is 0 Å². The molecule has 1 aliphatic heterocycles. The Hall–Kier alpha value is -0.680. The number of hydrogen-bond acceptors (Lipinski definition) is 4. The van der Waals surface area contributed by atoms with Crippen molar-refractivity contribution in [2.45, 2.75) is 39.4 Å². The van der Waals surface area contributed by atoms with Crippen molar-refractivity contribution in [1.82, 2.24) is 10.2 Å². The Morgan fingerprint density at radius 2 is 2.15 bits per heavy atom. The van der Waals surface area contributed by atoms with Crippen LogP contribution < -0.4 is 5.32 Å². The average molecular weight is 306 g/mol. The van der Waals surface area contributed by atoms with Crippen LogP contribution in [0.1, 0.15) is 33.5 Å². The third-order valence-electron chi connectivity index (χ3n) is 3.71. The van der Waals surface area contributed by atoms with Crippen LogP contribution in [0, 0.1) is 0 Å². The van der Waals surface area contributed by atoms with Crippen LogP contribution in [0.5, 0.6) is 0 Å². The first-order valence-electron chi connectivity index (χ1n) is 7.41. The maximum absolute atomic E-state index is 3.48. The van der Waals surface area contributed by atoms with Crippen molar-refractivity contribution in [1.29, 1.82) is 0 Å². The second-order valence-corrected chi connectivity index (χ2v) is 7.63. The summed E-state index contributed by atoms with van der Waals surface area (Å²) in [6, 6.07) is 6.88. The average Bonchev–Trinajstić information content (AvgIpc) is 3.08. The highest BCUT2D eigenvalue weighted by Crippen LogP contribution is 2.26. The van der Waals surface area contributed by atoms with Crippen LogP contribution in [0.4, 0.5) is 0 Å². The van der Waals surface area contributed by atoms with E-state index in [0.717, 1.165) is 26.2 Å². The summed E-state index contributed by atoms with van der Waals surface area (Å²) in [6.07, 6.45) is 2.43. The van der Waals surface area contributed by atoms with Crippen LogP contribution in [-0.4, -0.2) is 18.0 Å². The summed E-state index contributed by atoms with van der Waals surface area (Å²) < 4.78 is 0. The Morgan fingerprint density at radius 1 is 1.25 bits per heavy atom. The molecule has 0 aliphatic carbocycles. The fourth-order valence-electron chi connectivity index (χ4n) is 2.65. The first kappa shape index (κ1) is 14.3. The second kappa shape index (κ2) is 6.85. The molecule has 2 nitrogen and oxygen atoms in total. The van der Waals surface area contributed by atoms with Crippen molar-refractivity contribution in [3.05, 3.63) is 43.8 Å². The SMILES string of the molecule is CCCNCc1ccc(CN2CCc3sccc3C2)s1. The van der Waals surface area contributed by atoms with Gasteiger partial charge >= 0.3 is 0 Å². The van der Waals surface area contributed by atoms with E-state index in [1.807, 2.05) is 22.7 Å². The topological polar surface area (TPSA) is 15.3 Å². The highest BCUT2D eigenvalue weighted by molar-refractivity contribution is 7.12. The largest absolute Gasteiger partial charge is 0.312 e. The summed E-state index contributed by atoms with van der Waals surface area (Å²) in [5.41, 5.74) is 1.54. The number of fused-ring (bicyclic) bond motifs is 1. The Bertz CT molecular complexity index is 544. The van der Waals surface area contributed by atoms with Crippen LogP contribution in [-0.2, 0) is 26.1 Å². The molecule has 1 N–H and O–H groups in total. The van der Waals surface area contributed by atoms with E-state index in [1.165, 1.54) is 29.1 Å². The van der Waals surface area contributed by atoms with E-state index in [4.69, 9.17) is 0 Å².